The lowest BCUT2D eigenvalue weighted by Gasteiger charge is -2.16. The highest BCUT2D eigenvalue weighted by atomic mass is 35.5. The highest BCUT2D eigenvalue weighted by Crippen LogP contribution is 2.17. The van der Waals surface area contributed by atoms with Crippen molar-refractivity contribution in [2.24, 2.45) is 0 Å². The number of hydrogen-bond donors (Lipinski definition) is 0. The summed E-state index contributed by atoms with van der Waals surface area (Å²) in [6.45, 7) is 2.26. The molecule has 1 aromatic rings. The van der Waals surface area contributed by atoms with Crippen molar-refractivity contribution in [2.75, 3.05) is 13.1 Å². The van der Waals surface area contributed by atoms with Crippen LogP contribution in [0, 0.1) is 11.3 Å². The van der Waals surface area contributed by atoms with E-state index in [4.69, 9.17) is 16.9 Å². The van der Waals surface area contributed by atoms with Gasteiger partial charge in [-0.2, -0.15) is 9.57 Å². The Labute approximate surface area is 119 Å². The Morgan fingerprint density at radius 1 is 1.42 bits per heavy atom. The van der Waals surface area contributed by atoms with Gasteiger partial charge in [-0.3, -0.25) is 0 Å². The predicted molar refractivity (Wildman–Crippen MR) is 76.9 cm³/mol. The third-order valence-electron chi connectivity index (χ3n) is 2.51. The summed E-state index contributed by atoms with van der Waals surface area (Å²) in [5.41, 5.74) is 0.643. The van der Waals surface area contributed by atoms with Crippen molar-refractivity contribution in [1.82, 2.24) is 4.31 Å². The fraction of sp³-hybridized carbons (Fsp3) is 0.308. The molecule has 0 bridgehead atoms. The molecule has 0 N–H and O–H groups in total. The van der Waals surface area contributed by atoms with Crippen LogP contribution >= 0.6 is 11.6 Å². The zero-order valence-electron chi connectivity index (χ0n) is 10.6. The summed E-state index contributed by atoms with van der Waals surface area (Å²) in [5.74, 6) is 0. The first-order valence-electron chi connectivity index (χ1n) is 5.81. The minimum Gasteiger partial charge on any atom is -0.208 e. The van der Waals surface area contributed by atoms with Gasteiger partial charge in [-0.05, 0) is 17.7 Å². The first-order valence-corrected chi connectivity index (χ1v) is 7.69. The number of benzene rings is 1. The zero-order valence-corrected chi connectivity index (χ0v) is 12.2. The second-order valence-corrected chi connectivity index (χ2v) is 5.99. The highest BCUT2D eigenvalue weighted by Gasteiger charge is 2.16. The molecule has 0 radical (unpaired) electrons. The fourth-order valence-electron chi connectivity index (χ4n) is 1.50. The van der Waals surface area contributed by atoms with Crippen LogP contribution in [-0.2, 0) is 10.0 Å². The Bertz CT molecular complexity index is 591. The molecule has 102 valence electrons. The van der Waals surface area contributed by atoms with Gasteiger partial charge in [0.25, 0.3) is 0 Å². The summed E-state index contributed by atoms with van der Waals surface area (Å²) in [5, 5.41) is 10.1. The molecule has 0 spiro atoms. The maximum absolute atomic E-state index is 12.0. The van der Waals surface area contributed by atoms with E-state index in [0.717, 1.165) is 5.41 Å². The third kappa shape index (κ3) is 4.67. The minimum atomic E-state index is -3.52. The van der Waals surface area contributed by atoms with Crippen molar-refractivity contribution >= 4 is 27.7 Å². The maximum Gasteiger partial charge on any atom is 0.236 e. The quantitative estimate of drug-likeness (QED) is 0.811. The Morgan fingerprint density at radius 3 is 2.68 bits per heavy atom. The van der Waals surface area contributed by atoms with Gasteiger partial charge >= 0.3 is 0 Å². The van der Waals surface area contributed by atoms with Crippen LogP contribution in [0.3, 0.4) is 0 Å². The first-order chi connectivity index (χ1) is 9.01. The molecule has 0 aromatic heterocycles. The van der Waals surface area contributed by atoms with Crippen molar-refractivity contribution in [3.63, 3.8) is 0 Å². The standard InChI is InChI=1S/C13H15ClN2O2S/c1-2-16(10-5-9-15)19(17,18)11-8-12-6-3-4-7-13(12)14/h3-4,6-8,11H,2,5,10H2,1H3/b11-8+. The van der Waals surface area contributed by atoms with E-state index in [9.17, 15) is 8.42 Å². The van der Waals surface area contributed by atoms with Crippen molar-refractivity contribution < 1.29 is 8.42 Å². The van der Waals surface area contributed by atoms with Gasteiger partial charge in [0, 0.05) is 29.9 Å². The highest BCUT2D eigenvalue weighted by molar-refractivity contribution is 7.92. The fourth-order valence-corrected chi connectivity index (χ4v) is 2.89. The second-order valence-electron chi connectivity index (χ2n) is 3.77. The van der Waals surface area contributed by atoms with E-state index in [1.54, 1.807) is 31.2 Å². The summed E-state index contributed by atoms with van der Waals surface area (Å²) in [4.78, 5) is 0. The van der Waals surface area contributed by atoms with Crippen LogP contribution in [0.5, 0.6) is 0 Å². The van der Waals surface area contributed by atoms with Crippen LogP contribution in [0.15, 0.2) is 29.7 Å². The van der Waals surface area contributed by atoms with Crippen LogP contribution in [0.4, 0.5) is 0 Å². The molecular weight excluding hydrogens is 284 g/mol. The topological polar surface area (TPSA) is 61.2 Å². The average molecular weight is 299 g/mol. The van der Waals surface area contributed by atoms with Crippen LogP contribution in [0.2, 0.25) is 5.02 Å². The van der Waals surface area contributed by atoms with E-state index in [0.29, 0.717) is 17.1 Å². The van der Waals surface area contributed by atoms with Gasteiger partial charge in [-0.25, -0.2) is 8.42 Å². The number of rotatable bonds is 6. The van der Waals surface area contributed by atoms with Gasteiger partial charge in [0.15, 0.2) is 0 Å². The number of sulfonamides is 1. The Balaban J connectivity index is 2.90. The summed E-state index contributed by atoms with van der Waals surface area (Å²) in [7, 11) is -3.52. The van der Waals surface area contributed by atoms with Gasteiger partial charge in [-0.1, -0.05) is 36.7 Å². The molecule has 0 amide bonds. The predicted octanol–water partition coefficient (Wildman–Crippen LogP) is 2.88. The van der Waals surface area contributed by atoms with E-state index in [1.807, 2.05) is 6.07 Å². The number of hydrogen-bond acceptors (Lipinski definition) is 3. The number of nitriles is 1. The Hall–Kier alpha value is -1.35. The molecule has 1 aromatic carbocycles. The van der Waals surface area contributed by atoms with Gasteiger partial charge < -0.3 is 0 Å². The lowest BCUT2D eigenvalue weighted by molar-refractivity contribution is 0.442. The largest absolute Gasteiger partial charge is 0.236 e. The van der Waals surface area contributed by atoms with E-state index in [-0.39, 0.29) is 13.0 Å². The van der Waals surface area contributed by atoms with Crippen LogP contribution < -0.4 is 0 Å². The maximum atomic E-state index is 12.0. The molecule has 0 heterocycles. The summed E-state index contributed by atoms with van der Waals surface area (Å²) < 4.78 is 25.3. The monoisotopic (exact) mass is 298 g/mol. The van der Waals surface area contributed by atoms with Crippen LogP contribution in [0.25, 0.3) is 6.08 Å². The van der Waals surface area contributed by atoms with Crippen molar-refractivity contribution in [2.45, 2.75) is 13.3 Å². The molecule has 0 fully saturated rings. The van der Waals surface area contributed by atoms with Gasteiger partial charge in [-0.15, -0.1) is 0 Å². The molecule has 4 nitrogen and oxygen atoms in total. The molecule has 0 atom stereocenters. The normalized spacial score (nSPS) is 11.9. The van der Waals surface area contributed by atoms with E-state index >= 15 is 0 Å². The van der Waals surface area contributed by atoms with Crippen LogP contribution in [0.1, 0.15) is 18.9 Å². The van der Waals surface area contributed by atoms with E-state index < -0.39 is 10.0 Å². The van der Waals surface area contributed by atoms with Crippen molar-refractivity contribution in [1.29, 1.82) is 5.26 Å². The molecule has 0 aliphatic carbocycles. The summed E-state index contributed by atoms with van der Waals surface area (Å²) >= 11 is 5.95. The number of halogens is 1. The molecule has 19 heavy (non-hydrogen) atoms. The summed E-state index contributed by atoms with van der Waals surface area (Å²) in [6, 6.07) is 8.93. The molecule has 6 heteroatoms. The first kappa shape index (κ1) is 15.7. The third-order valence-corrected chi connectivity index (χ3v) is 4.50. The van der Waals surface area contributed by atoms with Crippen molar-refractivity contribution in [3.05, 3.63) is 40.3 Å². The molecule has 0 saturated carbocycles. The van der Waals surface area contributed by atoms with Crippen LogP contribution in [-0.4, -0.2) is 25.8 Å². The summed E-state index contributed by atoms with van der Waals surface area (Å²) in [6.07, 6.45) is 1.64. The molecule has 0 saturated heterocycles. The van der Waals surface area contributed by atoms with Gasteiger partial charge in [0.05, 0.1) is 6.07 Å². The van der Waals surface area contributed by atoms with E-state index in [2.05, 4.69) is 0 Å². The van der Waals surface area contributed by atoms with E-state index in [1.165, 1.54) is 10.4 Å². The Kier molecular flexibility index (Phi) is 6.03. The minimum absolute atomic E-state index is 0.174. The smallest absolute Gasteiger partial charge is 0.208 e. The molecule has 0 aliphatic rings. The van der Waals surface area contributed by atoms with Gasteiger partial charge in [0.1, 0.15) is 0 Å². The average Bonchev–Trinajstić information content (AvgIpc) is 2.38. The molecule has 0 unspecified atom stereocenters. The zero-order chi connectivity index (χ0) is 14.3. The second kappa shape index (κ2) is 7.29. The molecule has 1 rings (SSSR count). The molecular formula is C13H15ClN2O2S. The molecule has 0 aliphatic heterocycles. The van der Waals surface area contributed by atoms with Crippen molar-refractivity contribution in [3.8, 4) is 6.07 Å². The SMILES string of the molecule is CCN(CCC#N)S(=O)(=O)/C=C/c1ccccc1Cl. The van der Waals surface area contributed by atoms with Gasteiger partial charge in [0.2, 0.25) is 10.0 Å². The lowest BCUT2D eigenvalue weighted by atomic mass is 10.2. The lowest BCUT2D eigenvalue weighted by Crippen LogP contribution is -2.29. The Morgan fingerprint density at radius 2 is 2.11 bits per heavy atom. The number of nitrogens with zero attached hydrogens (tertiary/aromatic N) is 2.